The average molecular weight is 684 g/mol. The summed E-state index contributed by atoms with van der Waals surface area (Å²) in [5.41, 5.74) is -5.94. The van der Waals surface area contributed by atoms with E-state index in [4.69, 9.17) is 5.73 Å². The monoisotopic (exact) mass is 684 g/mol. The number of aryl methyl sites for hydroxylation is 1. The molecule has 212 valence electrons. The van der Waals surface area contributed by atoms with Crippen molar-refractivity contribution in [2.75, 3.05) is 17.3 Å². The maximum absolute atomic E-state index is 14.5. The van der Waals surface area contributed by atoms with Gasteiger partial charge in [-0.2, -0.15) is 26.3 Å². The molecule has 0 fully saturated rings. The molecule has 1 aromatic carbocycles. The largest absolute Gasteiger partial charge is 0.435 e. The van der Waals surface area contributed by atoms with Crippen LogP contribution in [-0.4, -0.2) is 44.6 Å². The maximum atomic E-state index is 14.5. The topological polar surface area (TPSA) is 106 Å². The van der Waals surface area contributed by atoms with Gasteiger partial charge in [-0.25, -0.2) is 12.8 Å². The van der Waals surface area contributed by atoms with Crippen molar-refractivity contribution >= 4 is 49.9 Å². The quantitative estimate of drug-likeness (QED) is 0.302. The molecule has 2 unspecified atom stereocenters. The SMILES string of the molecule is Cc1cc(C(F)(C(F)(F)F)C(F)(F)F)ccc1NC(=O)C1(C(C)(C)CS(C)(=O)=O)C(I)=CC=CC1C(N)=O. The summed E-state index contributed by atoms with van der Waals surface area (Å²) in [5, 5.41) is 2.38. The normalized spacial score (nSPS) is 21.2. The van der Waals surface area contributed by atoms with Gasteiger partial charge in [0.15, 0.2) is 0 Å². The molecule has 0 saturated heterocycles. The van der Waals surface area contributed by atoms with E-state index >= 15 is 0 Å². The van der Waals surface area contributed by atoms with Gasteiger partial charge in [0, 0.05) is 21.1 Å². The summed E-state index contributed by atoms with van der Waals surface area (Å²) >= 11 is 1.74. The molecular formula is C23H24F7IN2O4S. The van der Waals surface area contributed by atoms with Gasteiger partial charge < -0.3 is 11.1 Å². The van der Waals surface area contributed by atoms with Gasteiger partial charge >= 0.3 is 18.0 Å². The van der Waals surface area contributed by atoms with E-state index in [1.807, 2.05) is 0 Å². The van der Waals surface area contributed by atoms with Gasteiger partial charge in [0.2, 0.25) is 11.8 Å². The van der Waals surface area contributed by atoms with Gasteiger partial charge in [0.05, 0.1) is 11.7 Å². The van der Waals surface area contributed by atoms with Crippen molar-refractivity contribution in [2.45, 2.75) is 38.8 Å². The van der Waals surface area contributed by atoms with E-state index in [-0.39, 0.29) is 20.9 Å². The molecule has 0 saturated carbocycles. The summed E-state index contributed by atoms with van der Waals surface area (Å²) in [6, 6.07) is 1.21. The number of carbonyl (C=O) groups is 2. The fourth-order valence-electron chi connectivity index (χ4n) is 4.78. The van der Waals surface area contributed by atoms with Crippen molar-refractivity contribution in [3.63, 3.8) is 0 Å². The number of sulfone groups is 1. The molecule has 1 aromatic rings. The number of amides is 2. The summed E-state index contributed by atoms with van der Waals surface area (Å²) in [6.45, 7) is 3.87. The third-order valence-electron chi connectivity index (χ3n) is 6.40. The number of hydrogen-bond donors (Lipinski definition) is 2. The first-order valence-corrected chi connectivity index (χ1v) is 13.8. The Bertz CT molecular complexity index is 1290. The number of allylic oxidation sites excluding steroid dienone is 2. The molecule has 2 atom stereocenters. The Morgan fingerprint density at radius 2 is 1.61 bits per heavy atom. The van der Waals surface area contributed by atoms with Crippen LogP contribution in [0, 0.1) is 23.7 Å². The van der Waals surface area contributed by atoms with E-state index in [9.17, 15) is 48.7 Å². The highest BCUT2D eigenvalue weighted by molar-refractivity contribution is 14.1. The number of rotatable bonds is 7. The number of primary amides is 1. The molecule has 0 aliphatic heterocycles. The van der Waals surface area contributed by atoms with Crippen molar-refractivity contribution < 1.29 is 48.7 Å². The lowest BCUT2D eigenvalue weighted by molar-refractivity contribution is -0.348. The lowest BCUT2D eigenvalue weighted by Gasteiger charge is -2.49. The van der Waals surface area contributed by atoms with Crippen LogP contribution in [0.5, 0.6) is 0 Å². The second kappa shape index (κ2) is 10.1. The van der Waals surface area contributed by atoms with Gasteiger partial charge in [-0.05, 0) is 46.6 Å². The highest BCUT2D eigenvalue weighted by Crippen LogP contribution is 2.57. The fourth-order valence-corrected chi connectivity index (χ4v) is 7.84. The van der Waals surface area contributed by atoms with Crippen LogP contribution in [0.3, 0.4) is 0 Å². The number of anilines is 1. The van der Waals surface area contributed by atoms with E-state index in [1.165, 1.54) is 32.1 Å². The number of halogens is 8. The smallest absolute Gasteiger partial charge is 0.369 e. The number of hydrogen-bond acceptors (Lipinski definition) is 4. The lowest BCUT2D eigenvalue weighted by atomic mass is 9.57. The van der Waals surface area contributed by atoms with Crippen molar-refractivity contribution in [2.24, 2.45) is 22.5 Å². The van der Waals surface area contributed by atoms with Crippen LogP contribution in [0.4, 0.5) is 36.4 Å². The van der Waals surface area contributed by atoms with Crippen molar-refractivity contribution in [3.8, 4) is 0 Å². The molecule has 38 heavy (non-hydrogen) atoms. The molecule has 6 nitrogen and oxygen atoms in total. The summed E-state index contributed by atoms with van der Waals surface area (Å²) in [7, 11) is -3.75. The highest BCUT2D eigenvalue weighted by atomic mass is 127. The van der Waals surface area contributed by atoms with E-state index in [1.54, 1.807) is 22.6 Å². The van der Waals surface area contributed by atoms with Crippen molar-refractivity contribution in [3.05, 3.63) is 51.1 Å². The Labute approximate surface area is 228 Å². The third kappa shape index (κ3) is 5.45. The zero-order valence-corrected chi connectivity index (χ0v) is 23.4. The Hall–Kier alpha value is -2.17. The first-order chi connectivity index (χ1) is 16.9. The highest BCUT2D eigenvalue weighted by Gasteiger charge is 2.73. The minimum atomic E-state index is -6.33. The van der Waals surface area contributed by atoms with Crippen LogP contribution in [-0.2, 0) is 25.1 Å². The van der Waals surface area contributed by atoms with E-state index in [2.05, 4.69) is 5.32 Å². The number of benzene rings is 1. The molecule has 3 N–H and O–H groups in total. The van der Waals surface area contributed by atoms with Gasteiger partial charge in [-0.15, -0.1) is 0 Å². The molecule has 2 amide bonds. The predicted octanol–water partition coefficient (Wildman–Crippen LogP) is 5.27. The average Bonchev–Trinajstić information content (AvgIpc) is 2.70. The van der Waals surface area contributed by atoms with Crippen molar-refractivity contribution in [1.29, 1.82) is 0 Å². The van der Waals surface area contributed by atoms with Gasteiger partial charge in [0.25, 0.3) is 0 Å². The summed E-state index contributed by atoms with van der Waals surface area (Å²) in [6.07, 6.45) is -7.55. The summed E-state index contributed by atoms with van der Waals surface area (Å²) in [4.78, 5) is 26.3. The molecule has 0 aromatic heterocycles. The Kier molecular flexibility index (Phi) is 8.52. The Balaban J connectivity index is 2.70. The molecule has 0 radical (unpaired) electrons. The standard InChI is InChI=1S/C23H24F7IN2O4S/c1-12-10-13(21(24,22(25,26)27)23(28,29)30)8-9-15(12)33-18(35)20(19(2,3)11-38(4,36)37)14(17(32)34)6-5-7-16(20)31/h5-10,14H,11H2,1-4H3,(H2,32,34)(H,33,35). The van der Waals surface area contributed by atoms with Crippen LogP contribution in [0.25, 0.3) is 0 Å². The second-order valence-corrected chi connectivity index (χ2v) is 13.0. The van der Waals surface area contributed by atoms with Crippen LogP contribution < -0.4 is 11.1 Å². The first kappa shape index (κ1) is 32.0. The van der Waals surface area contributed by atoms with Gasteiger partial charge in [-0.1, -0.05) is 44.2 Å². The van der Waals surface area contributed by atoms with Crippen LogP contribution in [0.1, 0.15) is 25.0 Å². The zero-order valence-electron chi connectivity index (χ0n) is 20.4. The molecule has 2 rings (SSSR count). The molecule has 15 heteroatoms. The first-order valence-electron chi connectivity index (χ1n) is 10.7. The molecule has 1 aliphatic carbocycles. The summed E-state index contributed by atoms with van der Waals surface area (Å²) < 4.78 is 118. The zero-order chi connectivity index (χ0) is 29.7. The number of nitrogens with two attached hydrogens (primary N) is 1. The minimum Gasteiger partial charge on any atom is -0.369 e. The van der Waals surface area contributed by atoms with E-state index in [0.29, 0.717) is 12.1 Å². The second-order valence-electron chi connectivity index (χ2n) is 9.68. The van der Waals surface area contributed by atoms with E-state index < -0.39 is 67.7 Å². The summed E-state index contributed by atoms with van der Waals surface area (Å²) in [5.74, 6) is -3.94. The van der Waals surface area contributed by atoms with Crippen molar-refractivity contribution in [1.82, 2.24) is 0 Å². The Morgan fingerprint density at radius 3 is 2.03 bits per heavy atom. The molecule has 0 spiro atoms. The fraction of sp³-hybridized carbons (Fsp3) is 0.478. The molecule has 1 aliphatic rings. The third-order valence-corrected chi connectivity index (χ3v) is 8.85. The lowest BCUT2D eigenvalue weighted by Crippen LogP contribution is -2.58. The maximum Gasteiger partial charge on any atom is 0.435 e. The van der Waals surface area contributed by atoms with Crippen LogP contribution in [0.2, 0.25) is 0 Å². The number of carbonyl (C=O) groups excluding carboxylic acids is 2. The van der Waals surface area contributed by atoms with Gasteiger partial charge in [-0.3, -0.25) is 9.59 Å². The number of nitrogens with one attached hydrogen (secondary N) is 1. The minimum absolute atomic E-state index is 0.207. The number of alkyl halides is 7. The predicted molar refractivity (Wildman–Crippen MR) is 135 cm³/mol. The molecule has 0 bridgehead atoms. The van der Waals surface area contributed by atoms with Crippen LogP contribution >= 0.6 is 22.6 Å². The van der Waals surface area contributed by atoms with E-state index in [0.717, 1.165) is 13.2 Å². The molecular weight excluding hydrogens is 660 g/mol. The van der Waals surface area contributed by atoms with Gasteiger partial charge in [0.1, 0.15) is 15.3 Å². The van der Waals surface area contributed by atoms with Crippen LogP contribution in [0.15, 0.2) is 40.0 Å². The Morgan fingerprint density at radius 1 is 1.08 bits per heavy atom. The molecule has 0 heterocycles.